The van der Waals surface area contributed by atoms with Crippen LogP contribution in [0.2, 0.25) is 0 Å². The van der Waals surface area contributed by atoms with Crippen molar-refractivity contribution in [2.24, 2.45) is 12.5 Å². The summed E-state index contributed by atoms with van der Waals surface area (Å²) >= 11 is 0. The average molecular weight is 493 g/mol. The summed E-state index contributed by atoms with van der Waals surface area (Å²) in [4.78, 5) is 27.2. The van der Waals surface area contributed by atoms with Crippen LogP contribution in [0, 0.1) is 19.3 Å². The highest BCUT2D eigenvalue weighted by atomic mass is 19.4. The van der Waals surface area contributed by atoms with Gasteiger partial charge in [0.05, 0.1) is 0 Å². The summed E-state index contributed by atoms with van der Waals surface area (Å²) in [5.41, 5.74) is -1.59. The molecule has 1 spiro atoms. The maximum absolute atomic E-state index is 14.6. The summed E-state index contributed by atoms with van der Waals surface area (Å²) in [5.74, 6) is -1.25. The number of nitrogens with one attached hydrogen (secondary N) is 1. The number of hydrogen-bond acceptors (Lipinski definition) is 4. The smallest absolute Gasteiger partial charge is 0.356 e. The van der Waals surface area contributed by atoms with Crippen LogP contribution >= 0.6 is 0 Å². The number of halogens is 3. The van der Waals surface area contributed by atoms with Crippen LogP contribution in [0.15, 0.2) is 30.5 Å². The van der Waals surface area contributed by atoms with Crippen LogP contribution in [-0.2, 0) is 27.0 Å². The van der Waals surface area contributed by atoms with E-state index in [1.165, 1.54) is 17.0 Å². The van der Waals surface area contributed by atoms with Gasteiger partial charge in [-0.15, -0.1) is 0 Å². The van der Waals surface area contributed by atoms with Gasteiger partial charge in [0.15, 0.2) is 0 Å². The van der Waals surface area contributed by atoms with Gasteiger partial charge in [0.1, 0.15) is 0 Å². The molecule has 190 valence electrons. The second-order valence-electron chi connectivity index (χ2n) is 9.83. The van der Waals surface area contributed by atoms with E-state index in [2.05, 4.69) is 10.4 Å². The molecule has 2 fully saturated rings. The number of aromatic nitrogens is 2. The second-order valence-corrected chi connectivity index (χ2v) is 9.83. The summed E-state index contributed by atoms with van der Waals surface area (Å²) in [6.45, 7) is 4.02. The van der Waals surface area contributed by atoms with Crippen molar-refractivity contribution in [3.63, 3.8) is 0 Å². The molecular weight excluding hydrogens is 461 g/mol. The Balaban J connectivity index is 1.65. The van der Waals surface area contributed by atoms with Crippen molar-refractivity contribution in [3.05, 3.63) is 52.8 Å². The number of amides is 2. The van der Waals surface area contributed by atoms with E-state index in [-0.39, 0.29) is 36.9 Å². The number of methoxy groups -OCH3 is 1. The maximum atomic E-state index is 14.6. The first-order valence-electron chi connectivity index (χ1n) is 11.7. The molecule has 2 unspecified atom stereocenters. The molecule has 0 aliphatic carbocycles. The summed E-state index contributed by atoms with van der Waals surface area (Å²) in [5, 5.41) is 7.16. The topological polar surface area (TPSA) is 76.5 Å². The Labute approximate surface area is 202 Å². The minimum atomic E-state index is -4.96. The molecule has 0 radical (unpaired) electrons. The molecule has 3 heterocycles. The van der Waals surface area contributed by atoms with Crippen LogP contribution in [0.3, 0.4) is 0 Å². The van der Waals surface area contributed by atoms with Crippen molar-refractivity contribution in [3.8, 4) is 0 Å². The zero-order valence-corrected chi connectivity index (χ0v) is 20.4. The fraction of sp³-hybridized carbons (Fsp3) is 0.560. The molecule has 1 N–H and O–H groups in total. The van der Waals surface area contributed by atoms with E-state index >= 15 is 0 Å². The molecule has 2 aliphatic heterocycles. The number of aryl methyl sites for hydroxylation is 3. The van der Waals surface area contributed by atoms with E-state index in [4.69, 9.17) is 4.74 Å². The van der Waals surface area contributed by atoms with E-state index < -0.39 is 23.1 Å². The highest BCUT2D eigenvalue weighted by Gasteiger charge is 2.64. The molecule has 2 saturated heterocycles. The second kappa shape index (κ2) is 8.96. The van der Waals surface area contributed by atoms with Gasteiger partial charge in [-0.3, -0.25) is 14.3 Å². The number of hydrogen-bond donors (Lipinski definition) is 1. The molecule has 4 rings (SSSR count). The van der Waals surface area contributed by atoms with E-state index in [1.807, 2.05) is 13.1 Å². The lowest BCUT2D eigenvalue weighted by atomic mass is 9.63. The predicted molar refractivity (Wildman–Crippen MR) is 122 cm³/mol. The monoisotopic (exact) mass is 492 g/mol. The van der Waals surface area contributed by atoms with Crippen molar-refractivity contribution in [2.45, 2.75) is 50.8 Å². The lowest BCUT2D eigenvalue weighted by Gasteiger charge is -2.50. The SMILES string of the molecule is COC(C(=O)N1CCC2(CC1)CC(=O)NCC2c1ccnn1C)(c1cc(C)cc(C)c1)C(F)(F)F. The molecule has 2 aromatic rings. The molecule has 1 aromatic heterocycles. The quantitative estimate of drug-likeness (QED) is 0.710. The molecule has 1 aromatic carbocycles. The number of nitrogens with zero attached hydrogens (tertiary/aromatic N) is 3. The molecule has 35 heavy (non-hydrogen) atoms. The van der Waals surface area contributed by atoms with Crippen molar-refractivity contribution in [1.29, 1.82) is 0 Å². The predicted octanol–water partition coefficient (Wildman–Crippen LogP) is 3.35. The van der Waals surface area contributed by atoms with Crippen LogP contribution in [0.25, 0.3) is 0 Å². The third kappa shape index (κ3) is 4.22. The van der Waals surface area contributed by atoms with Gasteiger partial charge in [-0.1, -0.05) is 29.3 Å². The number of likely N-dealkylation sites (tertiary alicyclic amines) is 1. The lowest BCUT2D eigenvalue weighted by Crippen LogP contribution is -2.60. The average Bonchev–Trinajstić information content (AvgIpc) is 3.19. The Morgan fingerprint density at radius 1 is 1.17 bits per heavy atom. The zero-order valence-electron chi connectivity index (χ0n) is 20.4. The van der Waals surface area contributed by atoms with E-state index in [9.17, 15) is 22.8 Å². The van der Waals surface area contributed by atoms with Gasteiger partial charge in [0.25, 0.3) is 11.5 Å². The Morgan fingerprint density at radius 3 is 2.31 bits per heavy atom. The summed E-state index contributed by atoms with van der Waals surface area (Å²) in [6.07, 6.45) is -2.19. The normalized spacial score (nSPS) is 22.1. The van der Waals surface area contributed by atoms with Crippen LogP contribution in [0.5, 0.6) is 0 Å². The summed E-state index contributed by atoms with van der Waals surface area (Å²) < 4.78 is 50.6. The van der Waals surface area contributed by atoms with Gasteiger partial charge in [0, 0.05) is 63.6 Å². The highest BCUT2D eigenvalue weighted by molar-refractivity contribution is 5.88. The number of rotatable bonds is 4. The first-order chi connectivity index (χ1) is 16.4. The molecule has 10 heteroatoms. The number of benzene rings is 1. The number of alkyl halides is 3. The van der Waals surface area contributed by atoms with Gasteiger partial charge in [-0.05, 0) is 38.2 Å². The van der Waals surface area contributed by atoms with Gasteiger partial charge in [0.2, 0.25) is 5.91 Å². The highest BCUT2D eigenvalue weighted by Crippen LogP contribution is 2.50. The van der Waals surface area contributed by atoms with Crippen LogP contribution in [0.1, 0.15) is 47.6 Å². The van der Waals surface area contributed by atoms with E-state index in [1.54, 1.807) is 30.8 Å². The minimum Gasteiger partial charge on any atom is -0.356 e. The zero-order chi connectivity index (χ0) is 25.6. The van der Waals surface area contributed by atoms with Gasteiger partial charge < -0.3 is 15.0 Å². The number of ether oxygens (including phenoxy) is 1. The molecule has 7 nitrogen and oxygen atoms in total. The molecule has 2 aliphatic rings. The van der Waals surface area contributed by atoms with Crippen molar-refractivity contribution in [1.82, 2.24) is 20.0 Å². The van der Waals surface area contributed by atoms with Gasteiger partial charge >= 0.3 is 6.18 Å². The van der Waals surface area contributed by atoms with Crippen molar-refractivity contribution >= 4 is 11.8 Å². The lowest BCUT2D eigenvalue weighted by molar-refractivity contribution is -0.271. The molecule has 2 amide bonds. The number of carbonyl (C=O) groups is 2. The van der Waals surface area contributed by atoms with Crippen molar-refractivity contribution in [2.75, 3.05) is 26.7 Å². The maximum Gasteiger partial charge on any atom is 0.430 e. The largest absolute Gasteiger partial charge is 0.430 e. The molecule has 0 bridgehead atoms. The summed E-state index contributed by atoms with van der Waals surface area (Å²) in [7, 11) is 2.76. The Hall–Kier alpha value is -2.88. The third-order valence-electron chi connectivity index (χ3n) is 7.65. The number of carbonyl (C=O) groups excluding carboxylic acids is 2. The summed E-state index contributed by atoms with van der Waals surface area (Å²) in [6, 6.07) is 6.37. The van der Waals surface area contributed by atoms with Gasteiger partial charge in [-0.25, -0.2) is 0 Å². The Morgan fingerprint density at radius 2 is 1.80 bits per heavy atom. The fourth-order valence-electron chi connectivity index (χ4n) is 5.89. The van der Waals surface area contributed by atoms with E-state index in [0.29, 0.717) is 30.5 Å². The molecular formula is C25H31F3N4O3. The first kappa shape index (κ1) is 25.2. The van der Waals surface area contributed by atoms with E-state index in [0.717, 1.165) is 12.8 Å². The van der Waals surface area contributed by atoms with Crippen LogP contribution in [0.4, 0.5) is 13.2 Å². The van der Waals surface area contributed by atoms with Crippen molar-refractivity contribution < 1.29 is 27.5 Å². The third-order valence-corrected chi connectivity index (χ3v) is 7.65. The van der Waals surface area contributed by atoms with Crippen LogP contribution in [-0.4, -0.2) is 59.4 Å². The van der Waals surface area contributed by atoms with Crippen LogP contribution < -0.4 is 5.32 Å². The standard InChI is InChI=1S/C25H31F3N4O3/c1-16-11-17(2)13-18(12-16)24(35-4,25(26,27)28)22(34)32-9-6-23(7-10-32)14-21(33)29-15-19(23)20-5-8-30-31(20)3/h5,8,11-13,19H,6-7,9-10,14-15H2,1-4H3,(H,29,33). The fourth-order valence-corrected chi connectivity index (χ4v) is 5.89. The Bertz CT molecular complexity index is 1100. The molecule has 2 atom stereocenters. The van der Waals surface area contributed by atoms with Gasteiger partial charge in [-0.2, -0.15) is 18.3 Å². The number of piperidine rings is 2. The minimum absolute atomic E-state index is 0.0424. The first-order valence-corrected chi connectivity index (χ1v) is 11.7. The Kier molecular flexibility index (Phi) is 6.46. The molecule has 0 saturated carbocycles.